The molecule has 23 heavy (non-hydrogen) atoms. The van der Waals surface area contributed by atoms with Gasteiger partial charge in [0.15, 0.2) is 0 Å². The fraction of sp³-hybridized carbons (Fsp3) is 0.647. The van der Waals surface area contributed by atoms with Crippen LogP contribution in [0.2, 0.25) is 0 Å². The molecule has 5 nitrogen and oxygen atoms in total. The molecule has 2 aliphatic rings. The average molecular weight is 335 g/mol. The SMILES string of the molecule is CC1CN(C(=O)C2CC(=O)N(C)C2c2cccs2)CC1N(C)C. The summed E-state index contributed by atoms with van der Waals surface area (Å²) >= 11 is 1.62. The summed E-state index contributed by atoms with van der Waals surface area (Å²) in [5.41, 5.74) is 0. The molecule has 0 saturated carbocycles. The summed E-state index contributed by atoms with van der Waals surface area (Å²) in [4.78, 5) is 32.3. The van der Waals surface area contributed by atoms with E-state index in [1.165, 1.54) is 0 Å². The zero-order valence-corrected chi connectivity index (χ0v) is 15.0. The molecular weight excluding hydrogens is 310 g/mol. The molecule has 2 saturated heterocycles. The third-order valence-electron chi connectivity index (χ3n) is 5.29. The Morgan fingerprint density at radius 2 is 2.09 bits per heavy atom. The van der Waals surface area contributed by atoms with Crippen LogP contribution in [-0.4, -0.2) is 66.8 Å². The minimum absolute atomic E-state index is 0.0677. The zero-order valence-electron chi connectivity index (χ0n) is 14.2. The minimum Gasteiger partial charge on any atom is -0.340 e. The van der Waals surface area contributed by atoms with Crippen LogP contribution in [0, 0.1) is 11.8 Å². The number of rotatable bonds is 3. The molecule has 3 heterocycles. The van der Waals surface area contributed by atoms with Crippen molar-refractivity contribution in [2.24, 2.45) is 11.8 Å². The highest BCUT2D eigenvalue weighted by Crippen LogP contribution is 2.40. The molecule has 0 aromatic carbocycles. The van der Waals surface area contributed by atoms with Gasteiger partial charge < -0.3 is 14.7 Å². The van der Waals surface area contributed by atoms with Crippen LogP contribution >= 0.6 is 11.3 Å². The van der Waals surface area contributed by atoms with Gasteiger partial charge in [-0.15, -0.1) is 11.3 Å². The van der Waals surface area contributed by atoms with E-state index in [1.807, 2.05) is 29.5 Å². The van der Waals surface area contributed by atoms with E-state index < -0.39 is 0 Å². The molecule has 126 valence electrons. The van der Waals surface area contributed by atoms with Gasteiger partial charge in [-0.1, -0.05) is 13.0 Å². The number of carbonyl (C=O) groups excluding carboxylic acids is 2. The first-order chi connectivity index (χ1) is 10.9. The van der Waals surface area contributed by atoms with Crippen molar-refractivity contribution < 1.29 is 9.59 Å². The van der Waals surface area contributed by atoms with Crippen LogP contribution in [0.5, 0.6) is 0 Å². The molecule has 1 aromatic heterocycles. The fourth-order valence-corrected chi connectivity index (χ4v) is 4.91. The Morgan fingerprint density at radius 3 is 2.65 bits per heavy atom. The molecule has 0 bridgehead atoms. The summed E-state index contributed by atoms with van der Waals surface area (Å²) < 4.78 is 0. The quantitative estimate of drug-likeness (QED) is 0.844. The predicted molar refractivity (Wildman–Crippen MR) is 91.2 cm³/mol. The maximum Gasteiger partial charge on any atom is 0.228 e. The van der Waals surface area contributed by atoms with Crippen molar-refractivity contribution in [2.75, 3.05) is 34.2 Å². The lowest BCUT2D eigenvalue weighted by Crippen LogP contribution is -2.39. The molecule has 2 fully saturated rings. The standard InChI is InChI=1S/C17H25N3O2S/c1-11-9-20(10-13(11)18(2)3)17(22)12-8-15(21)19(4)16(12)14-6-5-7-23-14/h5-7,11-13,16H,8-10H2,1-4H3. The third kappa shape index (κ3) is 2.90. The van der Waals surface area contributed by atoms with E-state index in [4.69, 9.17) is 0 Å². The maximum absolute atomic E-state index is 13.1. The smallest absolute Gasteiger partial charge is 0.228 e. The van der Waals surface area contributed by atoms with Gasteiger partial charge in [0.1, 0.15) is 0 Å². The number of likely N-dealkylation sites (tertiary alicyclic amines) is 2. The van der Waals surface area contributed by atoms with Crippen LogP contribution in [0.15, 0.2) is 17.5 Å². The average Bonchev–Trinajstić information content (AvgIpc) is 3.19. The highest BCUT2D eigenvalue weighted by atomic mass is 32.1. The lowest BCUT2D eigenvalue weighted by Gasteiger charge is -2.27. The zero-order chi connectivity index (χ0) is 16.7. The summed E-state index contributed by atoms with van der Waals surface area (Å²) in [5.74, 6) is 0.415. The second-order valence-electron chi connectivity index (χ2n) is 7.03. The molecule has 1 aromatic rings. The Bertz CT molecular complexity index is 587. The van der Waals surface area contributed by atoms with Gasteiger partial charge >= 0.3 is 0 Å². The Kier molecular flexibility index (Phi) is 4.47. The maximum atomic E-state index is 13.1. The van der Waals surface area contributed by atoms with Crippen molar-refractivity contribution in [1.29, 1.82) is 0 Å². The highest BCUT2D eigenvalue weighted by molar-refractivity contribution is 7.10. The summed E-state index contributed by atoms with van der Waals surface area (Å²) in [6.45, 7) is 3.74. The lowest BCUT2D eigenvalue weighted by atomic mass is 9.97. The number of amides is 2. The van der Waals surface area contributed by atoms with Gasteiger partial charge in [0, 0.05) is 37.5 Å². The summed E-state index contributed by atoms with van der Waals surface area (Å²) in [7, 11) is 5.95. The van der Waals surface area contributed by atoms with Crippen LogP contribution in [0.25, 0.3) is 0 Å². The highest BCUT2D eigenvalue weighted by Gasteiger charge is 2.46. The van der Waals surface area contributed by atoms with Crippen LogP contribution in [-0.2, 0) is 9.59 Å². The summed E-state index contributed by atoms with van der Waals surface area (Å²) in [6, 6.07) is 4.30. The molecule has 0 radical (unpaired) electrons. The first kappa shape index (κ1) is 16.5. The van der Waals surface area contributed by atoms with Crippen LogP contribution < -0.4 is 0 Å². The van der Waals surface area contributed by atoms with Crippen molar-refractivity contribution >= 4 is 23.2 Å². The fourth-order valence-electron chi connectivity index (χ4n) is 3.98. The Hall–Kier alpha value is -1.40. The van der Waals surface area contributed by atoms with Gasteiger partial charge in [-0.05, 0) is 31.5 Å². The van der Waals surface area contributed by atoms with Crippen LogP contribution in [0.1, 0.15) is 24.3 Å². The minimum atomic E-state index is -0.251. The molecule has 3 rings (SSSR count). The molecule has 2 aliphatic heterocycles. The van der Waals surface area contributed by atoms with E-state index in [-0.39, 0.29) is 23.8 Å². The number of hydrogen-bond acceptors (Lipinski definition) is 4. The van der Waals surface area contributed by atoms with Crippen molar-refractivity contribution in [3.63, 3.8) is 0 Å². The molecule has 4 atom stereocenters. The predicted octanol–water partition coefficient (Wildman–Crippen LogP) is 1.68. The van der Waals surface area contributed by atoms with E-state index in [1.54, 1.807) is 16.2 Å². The largest absolute Gasteiger partial charge is 0.340 e. The van der Waals surface area contributed by atoms with E-state index in [0.29, 0.717) is 18.4 Å². The summed E-state index contributed by atoms with van der Waals surface area (Å²) in [5, 5.41) is 2.01. The van der Waals surface area contributed by atoms with E-state index in [9.17, 15) is 9.59 Å². The van der Waals surface area contributed by atoms with Gasteiger partial charge in [-0.3, -0.25) is 9.59 Å². The molecule has 2 amide bonds. The van der Waals surface area contributed by atoms with Crippen LogP contribution in [0.4, 0.5) is 0 Å². The normalized spacial score (nSPS) is 31.4. The van der Waals surface area contributed by atoms with Crippen molar-refractivity contribution in [1.82, 2.24) is 14.7 Å². The summed E-state index contributed by atoms with van der Waals surface area (Å²) in [6.07, 6.45) is 0.329. The van der Waals surface area contributed by atoms with Gasteiger partial charge in [0.25, 0.3) is 0 Å². The molecule has 0 N–H and O–H groups in total. The second-order valence-corrected chi connectivity index (χ2v) is 8.01. The number of carbonyl (C=O) groups is 2. The topological polar surface area (TPSA) is 43.9 Å². The molecule has 0 spiro atoms. The Balaban J connectivity index is 1.80. The van der Waals surface area contributed by atoms with Gasteiger partial charge in [0.2, 0.25) is 11.8 Å². The monoisotopic (exact) mass is 335 g/mol. The third-order valence-corrected chi connectivity index (χ3v) is 6.23. The molecule has 0 aliphatic carbocycles. The number of hydrogen-bond donors (Lipinski definition) is 0. The van der Waals surface area contributed by atoms with Gasteiger partial charge in [-0.2, -0.15) is 0 Å². The second kappa shape index (κ2) is 6.24. The molecular formula is C17H25N3O2S. The molecule has 6 heteroatoms. The van der Waals surface area contributed by atoms with Crippen LogP contribution in [0.3, 0.4) is 0 Å². The van der Waals surface area contributed by atoms with E-state index in [0.717, 1.165) is 18.0 Å². The van der Waals surface area contributed by atoms with E-state index >= 15 is 0 Å². The van der Waals surface area contributed by atoms with Crippen molar-refractivity contribution in [3.05, 3.63) is 22.4 Å². The number of likely N-dealkylation sites (N-methyl/N-ethyl adjacent to an activating group) is 1. The molecule has 4 unspecified atom stereocenters. The number of thiophene rings is 1. The Labute approximate surface area is 141 Å². The van der Waals surface area contributed by atoms with E-state index in [2.05, 4.69) is 25.9 Å². The van der Waals surface area contributed by atoms with Gasteiger partial charge in [-0.25, -0.2) is 0 Å². The number of nitrogens with zero attached hydrogens (tertiary/aromatic N) is 3. The lowest BCUT2D eigenvalue weighted by molar-refractivity contribution is -0.135. The van der Waals surface area contributed by atoms with Crippen molar-refractivity contribution in [2.45, 2.75) is 25.4 Å². The first-order valence-electron chi connectivity index (χ1n) is 8.14. The van der Waals surface area contributed by atoms with Gasteiger partial charge in [0.05, 0.1) is 12.0 Å². The first-order valence-corrected chi connectivity index (χ1v) is 9.02. The van der Waals surface area contributed by atoms with Crippen molar-refractivity contribution in [3.8, 4) is 0 Å². The Morgan fingerprint density at radius 1 is 1.35 bits per heavy atom.